The van der Waals surface area contributed by atoms with Crippen LogP contribution in [0.5, 0.6) is 0 Å². The third-order valence-corrected chi connectivity index (χ3v) is 7.21. The number of allylic oxidation sites excluding steroid dienone is 2. The van der Waals surface area contributed by atoms with Crippen molar-refractivity contribution in [2.24, 2.45) is 5.92 Å². The first-order valence-corrected chi connectivity index (χ1v) is 13.2. The van der Waals surface area contributed by atoms with Crippen LogP contribution in [0, 0.1) is 12.8 Å². The molecule has 0 aliphatic heterocycles. The first-order valence-electron chi connectivity index (χ1n) is 9.07. The van der Waals surface area contributed by atoms with Crippen LogP contribution < -0.4 is 5.56 Å². The van der Waals surface area contributed by atoms with Gasteiger partial charge in [0.1, 0.15) is 6.73 Å². The Morgan fingerprint density at radius 2 is 1.96 bits per heavy atom. The van der Waals surface area contributed by atoms with Crippen molar-refractivity contribution in [1.82, 2.24) is 9.78 Å². The number of hydrogen-bond donors (Lipinski definition) is 0. The quantitative estimate of drug-likeness (QED) is 0.379. The lowest BCUT2D eigenvalue weighted by molar-refractivity contribution is 0.0741. The first-order chi connectivity index (χ1) is 11.5. The Labute approximate surface area is 157 Å². The molecule has 0 saturated carbocycles. The molecule has 1 unspecified atom stereocenters. The topological polar surface area (TPSA) is 44.1 Å². The maximum absolute atomic E-state index is 12.4. The van der Waals surface area contributed by atoms with Crippen molar-refractivity contribution in [3.63, 3.8) is 0 Å². The molecular weight excluding hydrogens is 352 g/mol. The molecule has 1 aliphatic carbocycles. The van der Waals surface area contributed by atoms with Crippen molar-refractivity contribution in [3.8, 4) is 0 Å². The molecule has 1 heterocycles. The molecule has 1 aromatic rings. The molecule has 25 heavy (non-hydrogen) atoms. The fraction of sp³-hybridized carbons (Fsp3) is 0.684. The van der Waals surface area contributed by atoms with Crippen LogP contribution in [0.2, 0.25) is 30.7 Å². The van der Waals surface area contributed by atoms with Crippen LogP contribution in [0.3, 0.4) is 0 Å². The van der Waals surface area contributed by atoms with Crippen LogP contribution in [-0.2, 0) is 11.5 Å². The molecule has 1 aliphatic rings. The highest BCUT2D eigenvalue weighted by Gasteiger charge is 2.33. The van der Waals surface area contributed by atoms with Gasteiger partial charge in [0.05, 0.1) is 10.7 Å². The zero-order valence-electron chi connectivity index (χ0n) is 16.6. The van der Waals surface area contributed by atoms with E-state index in [1.165, 1.54) is 15.8 Å². The molecule has 0 bridgehead atoms. The minimum atomic E-state index is -1.14. The lowest BCUT2D eigenvalue weighted by atomic mass is 9.72. The lowest BCUT2D eigenvalue weighted by Gasteiger charge is -2.34. The predicted molar refractivity (Wildman–Crippen MR) is 107 cm³/mol. The SMILES string of the molecule is CC1=C(C(C)C)CC1c1nn(COCC[Si](C)(C)C)c(=O)c(C)c1Cl. The van der Waals surface area contributed by atoms with Gasteiger partial charge >= 0.3 is 0 Å². The Morgan fingerprint density at radius 1 is 1.32 bits per heavy atom. The van der Waals surface area contributed by atoms with E-state index in [2.05, 4.69) is 45.5 Å². The highest BCUT2D eigenvalue weighted by atomic mass is 35.5. The van der Waals surface area contributed by atoms with Gasteiger partial charge in [0.15, 0.2) is 0 Å². The van der Waals surface area contributed by atoms with Gasteiger partial charge in [-0.05, 0) is 32.2 Å². The predicted octanol–water partition coefficient (Wildman–Crippen LogP) is 4.98. The van der Waals surface area contributed by atoms with E-state index in [0.717, 1.165) is 18.2 Å². The number of nitrogens with zero attached hydrogens (tertiary/aromatic N) is 2. The Kier molecular flexibility index (Phi) is 6.34. The molecule has 6 heteroatoms. The fourth-order valence-corrected chi connectivity index (χ4v) is 4.16. The average molecular weight is 383 g/mol. The standard InChI is InChI=1S/C19H31ClN2O2Si/c1-12(2)15-10-16(13(15)3)18-17(20)14(4)19(23)22(21-18)11-24-8-9-25(5,6)7/h12,16H,8-11H2,1-7H3. The van der Waals surface area contributed by atoms with E-state index < -0.39 is 8.07 Å². The molecule has 0 N–H and O–H groups in total. The summed E-state index contributed by atoms with van der Waals surface area (Å²) in [5.41, 5.74) is 4.03. The van der Waals surface area contributed by atoms with Gasteiger partial charge in [-0.1, -0.05) is 56.2 Å². The number of rotatable bonds is 7. The Hall–Kier alpha value is -0.913. The molecular formula is C19H31ClN2O2Si. The second-order valence-corrected chi connectivity index (χ2v) is 14.6. The molecule has 0 saturated heterocycles. The van der Waals surface area contributed by atoms with Crippen LogP contribution in [0.15, 0.2) is 15.9 Å². The van der Waals surface area contributed by atoms with E-state index >= 15 is 0 Å². The van der Waals surface area contributed by atoms with Crippen LogP contribution in [-0.4, -0.2) is 24.5 Å². The van der Waals surface area contributed by atoms with E-state index in [9.17, 15) is 4.79 Å². The summed E-state index contributed by atoms with van der Waals surface area (Å²) in [6.07, 6.45) is 0.977. The summed E-state index contributed by atoms with van der Waals surface area (Å²) in [5, 5.41) is 5.07. The van der Waals surface area contributed by atoms with Crippen LogP contribution in [0.4, 0.5) is 0 Å². The maximum atomic E-state index is 12.4. The van der Waals surface area contributed by atoms with Crippen molar-refractivity contribution < 1.29 is 4.74 Å². The van der Waals surface area contributed by atoms with E-state index in [1.807, 2.05) is 0 Å². The maximum Gasteiger partial charge on any atom is 0.273 e. The van der Waals surface area contributed by atoms with E-state index in [-0.39, 0.29) is 18.2 Å². The van der Waals surface area contributed by atoms with Gasteiger partial charge in [0, 0.05) is 26.2 Å². The molecule has 1 aromatic heterocycles. The van der Waals surface area contributed by atoms with Crippen molar-refractivity contribution in [2.75, 3.05) is 6.61 Å². The van der Waals surface area contributed by atoms with Crippen LogP contribution >= 0.6 is 11.6 Å². The van der Waals surface area contributed by atoms with Gasteiger partial charge in [0.25, 0.3) is 5.56 Å². The number of aromatic nitrogens is 2. The average Bonchev–Trinajstić information content (AvgIpc) is 2.50. The number of halogens is 1. The summed E-state index contributed by atoms with van der Waals surface area (Å²) >= 11 is 6.46. The van der Waals surface area contributed by atoms with Crippen molar-refractivity contribution >= 4 is 19.7 Å². The number of ether oxygens (including phenoxy) is 1. The monoisotopic (exact) mass is 382 g/mol. The minimum absolute atomic E-state index is 0.160. The third kappa shape index (κ3) is 4.63. The van der Waals surface area contributed by atoms with Gasteiger partial charge in [-0.15, -0.1) is 0 Å². The summed E-state index contributed by atoms with van der Waals surface area (Å²) < 4.78 is 7.16. The van der Waals surface area contributed by atoms with Crippen LogP contribution in [0.1, 0.15) is 44.4 Å². The van der Waals surface area contributed by atoms with Gasteiger partial charge in [-0.25, -0.2) is 4.68 Å². The van der Waals surface area contributed by atoms with Gasteiger partial charge in [0.2, 0.25) is 0 Å². The van der Waals surface area contributed by atoms with Gasteiger partial charge < -0.3 is 4.74 Å². The Morgan fingerprint density at radius 3 is 2.48 bits per heavy atom. The summed E-state index contributed by atoms with van der Waals surface area (Å²) in [6, 6.07) is 1.07. The fourth-order valence-electron chi connectivity index (χ4n) is 3.16. The van der Waals surface area contributed by atoms with E-state index in [0.29, 0.717) is 23.1 Å². The van der Waals surface area contributed by atoms with E-state index in [1.54, 1.807) is 6.92 Å². The molecule has 0 spiro atoms. The van der Waals surface area contributed by atoms with Crippen molar-refractivity contribution in [2.45, 2.75) is 72.4 Å². The molecule has 140 valence electrons. The van der Waals surface area contributed by atoms with Crippen molar-refractivity contribution in [1.29, 1.82) is 0 Å². The molecule has 4 nitrogen and oxygen atoms in total. The highest BCUT2D eigenvalue weighted by Crippen LogP contribution is 2.46. The zero-order chi connectivity index (χ0) is 18.9. The zero-order valence-corrected chi connectivity index (χ0v) is 18.3. The Balaban J connectivity index is 2.20. The second kappa shape index (κ2) is 7.76. The normalized spacial score (nSPS) is 18.0. The smallest absolute Gasteiger partial charge is 0.273 e. The van der Waals surface area contributed by atoms with Crippen LogP contribution in [0.25, 0.3) is 0 Å². The van der Waals surface area contributed by atoms with Gasteiger partial charge in [-0.3, -0.25) is 4.79 Å². The Bertz CT molecular complexity index is 732. The third-order valence-electron chi connectivity index (χ3n) is 5.03. The number of hydrogen-bond acceptors (Lipinski definition) is 3. The summed E-state index contributed by atoms with van der Waals surface area (Å²) in [7, 11) is -1.14. The van der Waals surface area contributed by atoms with Crippen molar-refractivity contribution in [3.05, 3.63) is 37.8 Å². The summed E-state index contributed by atoms with van der Waals surface area (Å²) in [4.78, 5) is 12.4. The molecule has 1 atom stereocenters. The minimum Gasteiger partial charge on any atom is -0.359 e. The molecule has 0 amide bonds. The molecule has 0 aromatic carbocycles. The summed E-state index contributed by atoms with van der Waals surface area (Å²) in [6.45, 7) is 16.1. The molecule has 0 fully saturated rings. The largest absolute Gasteiger partial charge is 0.359 e. The highest BCUT2D eigenvalue weighted by molar-refractivity contribution is 6.76. The second-order valence-electron chi connectivity index (χ2n) is 8.60. The molecule has 0 radical (unpaired) electrons. The first kappa shape index (κ1) is 20.4. The lowest BCUT2D eigenvalue weighted by Crippen LogP contribution is -2.31. The van der Waals surface area contributed by atoms with E-state index in [4.69, 9.17) is 16.3 Å². The van der Waals surface area contributed by atoms with Gasteiger partial charge in [-0.2, -0.15) is 5.10 Å². The molecule has 2 rings (SSSR count). The summed E-state index contributed by atoms with van der Waals surface area (Å²) in [5.74, 6) is 0.768.